The van der Waals surface area contributed by atoms with Gasteiger partial charge in [0, 0.05) is 11.7 Å². The van der Waals surface area contributed by atoms with Crippen LogP contribution in [0.3, 0.4) is 0 Å². The Morgan fingerprint density at radius 2 is 2.21 bits per heavy atom. The van der Waals surface area contributed by atoms with E-state index in [-0.39, 0.29) is 17.1 Å². The molecule has 0 saturated heterocycles. The third kappa shape index (κ3) is 3.19. The average molecular weight is 265 g/mol. The Labute approximate surface area is 107 Å². The van der Waals surface area contributed by atoms with Crippen molar-refractivity contribution in [2.24, 2.45) is 0 Å². The number of rotatable bonds is 4. The molecule has 0 radical (unpaired) electrons. The van der Waals surface area contributed by atoms with E-state index >= 15 is 0 Å². The first-order valence-corrected chi connectivity index (χ1v) is 5.39. The highest BCUT2D eigenvalue weighted by atomic mass is 16.8. The number of benzene rings is 1. The van der Waals surface area contributed by atoms with E-state index in [2.05, 4.69) is 15.1 Å². The van der Waals surface area contributed by atoms with Crippen LogP contribution in [0.25, 0.3) is 0 Å². The number of aliphatic hydroxyl groups excluding tert-OH is 1. The van der Waals surface area contributed by atoms with Crippen molar-refractivity contribution >= 4 is 6.09 Å². The monoisotopic (exact) mass is 265 g/mol. The molecule has 8 nitrogen and oxygen atoms in total. The predicted molar refractivity (Wildman–Crippen MR) is 60.7 cm³/mol. The van der Waals surface area contributed by atoms with E-state index in [0.29, 0.717) is 0 Å². The fourth-order valence-corrected chi connectivity index (χ4v) is 1.35. The number of aromatic nitrogens is 2. The lowest BCUT2D eigenvalue weighted by molar-refractivity contribution is -0.804. The normalized spacial score (nSPS) is 10.2. The summed E-state index contributed by atoms with van der Waals surface area (Å²) in [5, 5.41) is 25.6. The van der Waals surface area contributed by atoms with Crippen LogP contribution in [0.1, 0.15) is 11.3 Å². The molecular weight excluding hydrogens is 254 g/mol. The van der Waals surface area contributed by atoms with Crippen LogP contribution < -0.4 is 15.0 Å². The summed E-state index contributed by atoms with van der Waals surface area (Å²) in [5.41, 5.74) is 0.729. The molecule has 1 heterocycles. The highest BCUT2D eigenvalue weighted by molar-refractivity contribution is 5.69. The molecule has 0 bridgehead atoms. The molecule has 0 unspecified atom stereocenters. The molecule has 2 aromatic rings. The van der Waals surface area contributed by atoms with E-state index in [0.717, 1.165) is 5.56 Å². The number of amides is 1. The third-order valence-electron chi connectivity index (χ3n) is 2.26. The summed E-state index contributed by atoms with van der Waals surface area (Å²) in [6.07, 6.45) is -0.841. The number of nitrogens with zero attached hydrogens (tertiary/aromatic N) is 2. The minimum absolute atomic E-state index is 0.0896. The van der Waals surface area contributed by atoms with Gasteiger partial charge in [-0.1, -0.05) is 30.3 Å². The van der Waals surface area contributed by atoms with Crippen LogP contribution in [0.15, 0.2) is 35.0 Å². The van der Waals surface area contributed by atoms with E-state index < -0.39 is 18.6 Å². The maximum atomic E-state index is 11.5. The molecule has 1 aromatic carbocycles. The number of hydrogen-bond acceptors (Lipinski definition) is 6. The quantitative estimate of drug-likeness (QED) is 0.758. The first-order chi connectivity index (χ1) is 9.20. The van der Waals surface area contributed by atoms with Gasteiger partial charge >= 0.3 is 12.0 Å². The first-order valence-electron chi connectivity index (χ1n) is 5.39. The highest BCUT2D eigenvalue weighted by Gasteiger charge is 2.22. The molecular formula is C11H11N3O5. The average Bonchev–Trinajstić information content (AvgIpc) is 2.78. The molecule has 0 fully saturated rings. The Bertz CT molecular complexity index is 555. The lowest BCUT2D eigenvalue weighted by Gasteiger charge is -2.04. The van der Waals surface area contributed by atoms with Crippen LogP contribution in [0.2, 0.25) is 0 Å². The fraction of sp³-hybridized carbons (Fsp3) is 0.182. The maximum Gasteiger partial charge on any atom is 0.415 e. The first kappa shape index (κ1) is 12.8. The molecule has 100 valence electrons. The zero-order valence-electron chi connectivity index (χ0n) is 9.78. The van der Waals surface area contributed by atoms with Gasteiger partial charge in [0.25, 0.3) is 5.69 Å². The SMILES string of the molecule is O=C(NCc1ccccc1)Oc1c(CO)no[n+]1[O-]. The second-order valence-electron chi connectivity index (χ2n) is 3.57. The molecule has 2 N–H and O–H groups in total. The van der Waals surface area contributed by atoms with Gasteiger partial charge in [-0.2, -0.15) is 0 Å². The smallest absolute Gasteiger partial charge is 0.387 e. The van der Waals surface area contributed by atoms with Crippen LogP contribution >= 0.6 is 0 Å². The molecule has 0 atom stereocenters. The lowest BCUT2D eigenvalue weighted by Crippen LogP contribution is -2.33. The van der Waals surface area contributed by atoms with Gasteiger partial charge in [-0.15, -0.1) is 0 Å². The Hall–Kier alpha value is -2.61. The van der Waals surface area contributed by atoms with Crippen molar-refractivity contribution in [2.45, 2.75) is 13.2 Å². The molecule has 1 aromatic heterocycles. The second-order valence-corrected chi connectivity index (χ2v) is 3.57. The van der Waals surface area contributed by atoms with Gasteiger partial charge in [0.2, 0.25) is 0 Å². The predicted octanol–water partition coefficient (Wildman–Crippen LogP) is 0.0889. The Balaban J connectivity index is 1.93. The molecule has 0 aliphatic rings. The summed E-state index contributed by atoms with van der Waals surface area (Å²) < 4.78 is 8.91. The number of nitrogens with one attached hydrogen (secondary N) is 1. The van der Waals surface area contributed by atoms with Gasteiger partial charge in [-0.3, -0.25) is 4.63 Å². The zero-order chi connectivity index (χ0) is 13.7. The van der Waals surface area contributed by atoms with Crippen molar-refractivity contribution in [3.8, 4) is 5.88 Å². The molecule has 0 spiro atoms. The van der Waals surface area contributed by atoms with Crippen molar-refractivity contribution in [1.82, 2.24) is 10.5 Å². The van der Waals surface area contributed by atoms with E-state index in [1.54, 1.807) is 0 Å². The van der Waals surface area contributed by atoms with Gasteiger partial charge in [-0.25, -0.2) is 4.79 Å². The number of aliphatic hydroxyl groups is 1. The lowest BCUT2D eigenvalue weighted by atomic mass is 10.2. The summed E-state index contributed by atoms with van der Waals surface area (Å²) in [6, 6.07) is 9.17. The summed E-state index contributed by atoms with van der Waals surface area (Å²) in [4.78, 5) is 11.4. The topological polar surface area (TPSA) is 112 Å². The van der Waals surface area contributed by atoms with Crippen molar-refractivity contribution in [3.63, 3.8) is 0 Å². The number of carbonyl (C=O) groups excluding carboxylic acids is 1. The van der Waals surface area contributed by atoms with Crippen LogP contribution in [-0.2, 0) is 13.2 Å². The Morgan fingerprint density at radius 1 is 1.47 bits per heavy atom. The zero-order valence-corrected chi connectivity index (χ0v) is 9.78. The molecule has 2 rings (SSSR count). The second kappa shape index (κ2) is 5.83. The van der Waals surface area contributed by atoms with Gasteiger partial charge in [0.05, 0.1) is 0 Å². The van der Waals surface area contributed by atoms with Gasteiger partial charge in [0.15, 0.2) is 0 Å². The maximum absolute atomic E-state index is 11.5. The third-order valence-corrected chi connectivity index (χ3v) is 2.26. The number of hydrogen-bond donors (Lipinski definition) is 2. The van der Waals surface area contributed by atoms with E-state index in [1.165, 1.54) is 0 Å². The van der Waals surface area contributed by atoms with Crippen LogP contribution in [-0.4, -0.2) is 16.4 Å². The fourth-order valence-electron chi connectivity index (χ4n) is 1.35. The highest BCUT2D eigenvalue weighted by Crippen LogP contribution is 2.10. The molecule has 0 aliphatic carbocycles. The van der Waals surface area contributed by atoms with Crippen LogP contribution in [0.5, 0.6) is 5.88 Å². The van der Waals surface area contributed by atoms with E-state index in [4.69, 9.17) is 9.84 Å². The number of carbonyl (C=O) groups is 1. The largest absolute Gasteiger partial charge is 0.415 e. The molecule has 0 saturated carbocycles. The summed E-state index contributed by atoms with van der Waals surface area (Å²) in [6.45, 7) is -0.321. The van der Waals surface area contributed by atoms with E-state index in [9.17, 15) is 10.0 Å². The van der Waals surface area contributed by atoms with Crippen LogP contribution in [0.4, 0.5) is 4.79 Å². The van der Waals surface area contributed by atoms with Crippen molar-refractivity contribution in [2.75, 3.05) is 0 Å². The molecule has 1 amide bonds. The summed E-state index contributed by atoms with van der Waals surface area (Å²) in [7, 11) is 0. The van der Waals surface area contributed by atoms with Crippen LogP contribution in [0, 0.1) is 5.21 Å². The van der Waals surface area contributed by atoms with Gasteiger partial charge in [0.1, 0.15) is 6.61 Å². The van der Waals surface area contributed by atoms with E-state index in [1.807, 2.05) is 30.3 Å². The minimum Gasteiger partial charge on any atom is -0.387 e. The minimum atomic E-state index is -0.841. The van der Waals surface area contributed by atoms with Gasteiger partial charge in [-0.05, 0) is 10.5 Å². The molecule has 8 heteroatoms. The standard InChI is InChI=1S/C11H11N3O5/c15-7-9-10(14(17)19-13-9)18-11(16)12-6-8-4-2-1-3-5-8/h1-5,15H,6-7H2,(H,12,16). The van der Waals surface area contributed by atoms with Crippen molar-refractivity contribution in [1.29, 1.82) is 0 Å². The Morgan fingerprint density at radius 3 is 2.89 bits per heavy atom. The Kier molecular flexibility index (Phi) is 3.94. The van der Waals surface area contributed by atoms with Crippen molar-refractivity contribution in [3.05, 3.63) is 46.8 Å². The number of ether oxygens (including phenoxy) is 1. The summed E-state index contributed by atoms with van der Waals surface area (Å²) >= 11 is 0. The summed E-state index contributed by atoms with van der Waals surface area (Å²) in [5.74, 6) is -0.479. The van der Waals surface area contributed by atoms with Crippen molar-refractivity contribution < 1.29 is 24.2 Å². The van der Waals surface area contributed by atoms with Gasteiger partial charge < -0.3 is 20.4 Å². The molecule has 0 aliphatic heterocycles. The molecule has 19 heavy (non-hydrogen) atoms.